The molecule has 1 heterocycles. The summed E-state index contributed by atoms with van der Waals surface area (Å²) in [4.78, 5) is 4.25. The highest BCUT2D eigenvalue weighted by molar-refractivity contribution is 8.01. The minimum Gasteiger partial charge on any atom is -0.243 e. The first kappa shape index (κ1) is 14.4. The molecule has 0 unspecified atom stereocenters. The van der Waals surface area contributed by atoms with E-state index in [1.165, 1.54) is 23.5 Å². The summed E-state index contributed by atoms with van der Waals surface area (Å²) in [5.41, 5.74) is 2.57. The van der Waals surface area contributed by atoms with Gasteiger partial charge in [-0.05, 0) is 12.1 Å². The van der Waals surface area contributed by atoms with Crippen molar-refractivity contribution in [2.75, 3.05) is 0 Å². The van der Waals surface area contributed by atoms with Crippen molar-refractivity contribution < 1.29 is 13.2 Å². The molecule has 19 heavy (non-hydrogen) atoms. The SMILES string of the molecule is CC(C)Sc1scnc1-c1ccc(C(F)(F)F)cc1. The Morgan fingerprint density at radius 2 is 1.79 bits per heavy atom. The van der Waals surface area contributed by atoms with Crippen LogP contribution in [0.5, 0.6) is 0 Å². The summed E-state index contributed by atoms with van der Waals surface area (Å²) in [6.45, 7) is 4.14. The lowest BCUT2D eigenvalue weighted by atomic mass is 10.1. The third-order valence-electron chi connectivity index (χ3n) is 2.36. The first-order valence-corrected chi connectivity index (χ1v) is 7.41. The number of alkyl halides is 3. The fourth-order valence-corrected chi connectivity index (χ4v) is 3.72. The van der Waals surface area contributed by atoms with Crippen LogP contribution in [0.2, 0.25) is 0 Å². The van der Waals surface area contributed by atoms with Gasteiger partial charge in [-0.25, -0.2) is 4.98 Å². The van der Waals surface area contributed by atoms with Gasteiger partial charge in [0.05, 0.1) is 21.0 Å². The lowest BCUT2D eigenvalue weighted by molar-refractivity contribution is -0.137. The average Bonchev–Trinajstić information content (AvgIpc) is 2.75. The molecule has 0 radical (unpaired) electrons. The van der Waals surface area contributed by atoms with Gasteiger partial charge in [0.25, 0.3) is 0 Å². The molecule has 6 heteroatoms. The number of thioether (sulfide) groups is 1. The standard InChI is InChI=1S/C13H12F3NS2/c1-8(2)19-12-11(17-7-18-12)9-3-5-10(6-4-9)13(14,15)16/h3-8H,1-2H3. The molecule has 0 atom stereocenters. The summed E-state index contributed by atoms with van der Waals surface area (Å²) in [7, 11) is 0. The molecule has 0 aliphatic heterocycles. The minimum absolute atomic E-state index is 0.411. The molecule has 1 nitrogen and oxygen atoms in total. The third kappa shape index (κ3) is 3.51. The van der Waals surface area contributed by atoms with Crippen molar-refractivity contribution in [3.63, 3.8) is 0 Å². The van der Waals surface area contributed by atoms with E-state index in [-0.39, 0.29) is 0 Å². The van der Waals surface area contributed by atoms with Crippen molar-refractivity contribution in [1.29, 1.82) is 0 Å². The minimum atomic E-state index is -4.30. The molecule has 0 fully saturated rings. The molecule has 0 aliphatic carbocycles. The lowest BCUT2D eigenvalue weighted by Gasteiger charge is -2.08. The van der Waals surface area contributed by atoms with Crippen LogP contribution in [0.25, 0.3) is 11.3 Å². The normalized spacial score (nSPS) is 12.1. The van der Waals surface area contributed by atoms with Gasteiger partial charge in [-0.2, -0.15) is 13.2 Å². The molecule has 0 saturated heterocycles. The summed E-state index contributed by atoms with van der Waals surface area (Å²) in [6, 6.07) is 5.14. The Morgan fingerprint density at radius 1 is 1.16 bits per heavy atom. The van der Waals surface area contributed by atoms with Crippen LogP contribution in [0.3, 0.4) is 0 Å². The van der Waals surface area contributed by atoms with Crippen molar-refractivity contribution in [2.45, 2.75) is 29.5 Å². The molecule has 0 saturated carbocycles. The van der Waals surface area contributed by atoms with Gasteiger partial charge in [0.15, 0.2) is 0 Å². The Balaban J connectivity index is 2.30. The predicted molar refractivity (Wildman–Crippen MR) is 73.5 cm³/mol. The summed E-state index contributed by atoms with van der Waals surface area (Å²) in [6.07, 6.45) is -4.30. The zero-order valence-corrected chi connectivity index (χ0v) is 12.0. The fourth-order valence-electron chi connectivity index (χ4n) is 1.54. The zero-order valence-electron chi connectivity index (χ0n) is 10.4. The molecule has 1 aromatic heterocycles. The van der Waals surface area contributed by atoms with Crippen LogP contribution in [0, 0.1) is 0 Å². The van der Waals surface area contributed by atoms with Gasteiger partial charge in [-0.15, -0.1) is 23.1 Å². The first-order chi connectivity index (χ1) is 8.88. The third-order valence-corrected chi connectivity index (χ3v) is 4.44. The van der Waals surface area contributed by atoms with Gasteiger partial charge in [0.2, 0.25) is 0 Å². The molecule has 2 aromatic rings. The van der Waals surface area contributed by atoms with Crippen LogP contribution in [-0.2, 0) is 6.18 Å². The van der Waals surface area contributed by atoms with E-state index in [9.17, 15) is 13.2 Å². The number of halogens is 3. The van der Waals surface area contributed by atoms with Gasteiger partial charge < -0.3 is 0 Å². The number of aromatic nitrogens is 1. The van der Waals surface area contributed by atoms with Crippen molar-refractivity contribution in [2.24, 2.45) is 0 Å². The molecule has 1 aromatic carbocycles. The summed E-state index contributed by atoms with van der Waals surface area (Å²) < 4.78 is 38.5. The summed E-state index contributed by atoms with van der Waals surface area (Å²) >= 11 is 3.18. The van der Waals surface area contributed by atoms with Crippen molar-refractivity contribution in [3.05, 3.63) is 35.3 Å². The fraction of sp³-hybridized carbons (Fsp3) is 0.308. The number of hydrogen-bond acceptors (Lipinski definition) is 3. The monoisotopic (exact) mass is 303 g/mol. The summed E-state index contributed by atoms with van der Waals surface area (Å²) in [5, 5.41) is 0.411. The Labute approximate surface area is 117 Å². The van der Waals surface area contributed by atoms with E-state index in [0.717, 1.165) is 27.6 Å². The maximum absolute atomic E-state index is 12.5. The van der Waals surface area contributed by atoms with E-state index < -0.39 is 11.7 Å². The highest BCUT2D eigenvalue weighted by Crippen LogP contribution is 2.37. The molecule has 0 spiro atoms. The molecule has 0 bridgehead atoms. The lowest BCUT2D eigenvalue weighted by Crippen LogP contribution is -2.04. The highest BCUT2D eigenvalue weighted by atomic mass is 32.2. The van der Waals surface area contributed by atoms with E-state index in [1.807, 2.05) is 0 Å². The van der Waals surface area contributed by atoms with Crippen LogP contribution in [-0.4, -0.2) is 10.2 Å². The van der Waals surface area contributed by atoms with Gasteiger partial charge in [0, 0.05) is 10.8 Å². The smallest absolute Gasteiger partial charge is 0.243 e. The topological polar surface area (TPSA) is 12.9 Å². The molecular formula is C13H12F3NS2. The number of benzene rings is 1. The Kier molecular flexibility index (Phi) is 4.20. The Hall–Kier alpha value is -1.01. The van der Waals surface area contributed by atoms with E-state index in [1.54, 1.807) is 17.3 Å². The van der Waals surface area contributed by atoms with E-state index in [2.05, 4.69) is 18.8 Å². The molecule has 102 valence electrons. The number of nitrogens with zero attached hydrogens (tertiary/aromatic N) is 1. The molecule has 0 aliphatic rings. The molecule has 0 N–H and O–H groups in total. The Morgan fingerprint density at radius 3 is 2.32 bits per heavy atom. The van der Waals surface area contributed by atoms with Crippen LogP contribution < -0.4 is 0 Å². The molecular weight excluding hydrogens is 291 g/mol. The van der Waals surface area contributed by atoms with Crippen molar-refractivity contribution in [1.82, 2.24) is 4.98 Å². The second-order valence-corrected chi connectivity index (χ2v) is 6.93. The van der Waals surface area contributed by atoms with Crippen LogP contribution in [0.4, 0.5) is 13.2 Å². The van der Waals surface area contributed by atoms with Crippen LogP contribution in [0.1, 0.15) is 19.4 Å². The molecule has 2 rings (SSSR count). The van der Waals surface area contributed by atoms with Crippen molar-refractivity contribution in [3.8, 4) is 11.3 Å². The van der Waals surface area contributed by atoms with Gasteiger partial charge in [-0.1, -0.05) is 26.0 Å². The average molecular weight is 303 g/mol. The van der Waals surface area contributed by atoms with Crippen LogP contribution >= 0.6 is 23.1 Å². The number of thiazole rings is 1. The highest BCUT2D eigenvalue weighted by Gasteiger charge is 2.30. The second-order valence-electron chi connectivity index (χ2n) is 4.23. The van der Waals surface area contributed by atoms with Gasteiger partial charge >= 0.3 is 6.18 Å². The molecule has 0 amide bonds. The van der Waals surface area contributed by atoms with E-state index in [4.69, 9.17) is 0 Å². The number of rotatable bonds is 3. The maximum atomic E-state index is 12.5. The number of hydrogen-bond donors (Lipinski definition) is 0. The largest absolute Gasteiger partial charge is 0.416 e. The van der Waals surface area contributed by atoms with Crippen molar-refractivity contribution >= 4 is 23.1 Å². The zero-order chi connectivity index (χ0) is 14.0. The van der Waals surface area contributed by atoms with E-state index >= 15 is 0 Å². The first-order valence-electron chi connectivity index (χ1n) is 5.65. The quantitative estimate of drug-likeness (QED) is 0.711. The maximum Gasteiger partial charge on any atom is 0.416 e. The summed E-state index contributed by atoms with van der Waals surface area (Å²) in [5.74, 6) is 0. The van der Waals surface area contributed by atoms with Gasteiger partial charge in [-0.3, -0.25) is 0 Å². The van der Waals surface area contributed by atoms with Gasteiger partial charge in [0.1, 0.15) is 0 Å². The predicted octanol–water partition coefficient (Wildman–Crippen LogP) is 5.33. The van der Waals surface area contributed by atoms with Crippen LogP contribution in [0.15, 0.2) is 34.0 Å². The Bertz CT molecular complexity index is 544. The van der Waals surface area contributed by atoms with E-state index in [0.29, 0.717) is 5.25 Å². The second kappa shape index (κ2) is 5.54.